The first-order valence-corrected chi connectivity index (χ1v) is 7.70. The Kier molecular flexibility index (Phi) is 6.01. The second-order valence-electron chi connectivity index (χ2n) is 5.22. The molecule has 0 saturated heterocycles. The fourth-order valence-electron chi connectivity index (χ4n) is 2.35. The number of carbonyl (C=O) groups excluding carboxylic acids is 1. The molecule has 0 N–H and O–H groups in total. The van der Waals surface area contributed by atoms with Crippen LogP contribution in [0.1, 0.15) is 31.7 Å². The van der Waals surface area contributed by atoms with Gasteiger partial charge in [-0.05, 0) is 30.5 Å². The number of carbonyl (C=O) groups is 1. The van der Waals surface area contributed by atoms with Crippen LogP contribution >= 0.6 is 0 Å². The van der Waals surface area contributed by atoms with Gasteiger partial charge in [0.05, 0.1) is 0 Å². The maximum absolute atomic E-state index is 12.5. The van der Waals surface area contributed by atoms with Gasteiger partial charge in [-0.2, -0.15) is 0 Å². The number of benzene rings is 2. The van der Waals surface area contributed by atoms with Gasteiger partial charge >= 0.3 is 0 Å². The number of aryl methyl sites for hydroxylation is 1. The van der Waals surface area contributed by atoms with Crippen LogP contribution in [0.2, 0.25) is 0 Å². The molecule has 0 aromatic heterocycles. The molecule has 2 aromatic carbocycles. The van der Waals surface area contributed by atoms with Gasteiger partial charge in [0, 0.05) is 18.7 Å². The minimum atomic E-state index is 0.207. The first kappa shape index (κ1) is 15.3. The van der Waals surface area contributed by atoms with Crippen LogP contribution in [0.4, 0.5) is 5.69 Å². The summed E-state index contributed by atoms with van der Waals surface area (Å²) in [7, 11) is 0. The lowest BCUT2D eigenvalue weighted by atomic mass is 10.1. The van der Waals surface area contributed by atoms with Gasteiger partial charge in [-0.25, -0.2) is 0 Å². The van der Waals surface area contributed by atoms with Crippen molar-refractivity contribution in [3.05, 3.63) is 66.2 Å². The van der Waals surface area contributed by atoms with Crippen LogP contribution in [0.5, 0.6) is 0 Å². The van der Waals surface area contributed by atoms with E-state index in [4.69, 9.17) is 0 Å². The van der Waals surface area contributed by atoms with E-state index in [0.717, 1.165) is 31.5 Å². The highest BCUT2D eigenvalue weighted by Crippen LogP contribution is 2.16. The van der Waals surface area contributed by atoms with Crippen LogP contribution in [0.25, 0.3) is 0 Å². The predicted octanol–water partition coefficient (Wildman–Crippen LogP) is 4.45. The molecule has 0 bridgehead atoms. The minimum absolute atomic E-state index is 0.207. The first-order valence-electron chi connectivity index (χ1n) is 7.70. The SMILES string of the molecule is CCCCN(C(=O)CCc1ccccc1)c1ccccc1. The van der Waals surface area contributed by atoms with Crippen molar-refractivity contribution in [1.82, 2.24) is 0 Å². The zero-order valence-corrected chi connectivity index (χ0v) is 12.7. The Bertz CT molecular complexity index is 536. The zero-order chi connectivity index (χ0) is 14.9. The Balaban J connectivity index is 2.01. The number of anilines is 1. The van der Waals surface area contributed by atoms with Crippen LogP contribution in [-0.4, -0.2) is 12.5 Å². The number of para-hydroxylation sites is 1. The molecule has 0 aliphatic rings. The van der Waals surface area contributed by atoms with E-state index in [0.29, 0.717) is 6.42 Å². The van der Waals surface area contributed by atoms with Crippen molar-refractivity contribution in [2.24, 2.45) is 0 Å². The summed E-state index contributed by atoms with van der Waals surface area (Å²) in [6.07, 6.45) is 3.49. The summed E-state index contributed by atoms with van der Waals surface area (Å²) in [6, 6.07) is 20.2. The molecular weight excluding hydrogens is 258 g/mol. The lowest BCUT2D eigenvalue weighted by Crippen LogP contribution is -2.32. The van der Waals surface area contributed by atoms with E-state index in [9.17, 15) is 4.79 Å². The highest BCUT2D eigenvalue weighted by atomic mass is 16.2. The predicted molar refractivity (Wildman–Crippen MR) is 88.5 cm³/mol. The fourth-order valence-corrected chi connectivity index (χ4v) is 2.35. The van der Waals surface area contributed by atoms with Crippen LogP contribution in [-0.2, 0) is 11.2 Å². The summed E-state index contributed by atoms with van der Waals surface area (Å²) in [5.74, 6) is 0.207. The van der Waals surface area contributed by atoms with Gasteiger partial charge in [0.25, 0.3) is 0 Å². The van der Waals surface area contributed by atoms with Crippen molar-refractivity contribution < 1.29 is 4.79 Å². The first-order chi connectivity index (χ1) is 10.3. The summed E-state index contributed by atoms with van der Waals surface area (Å²) in [5.41, 5.74) is 2.22. The Morgan fingerprint density at radius 1 is 0.952 bits per heavy atom. The van der Waals surface area contributed by atoms with E-state index in [2.05, 4.69) is 19.1 Å². The quantitative estimate of drug-likeness (QED) is 0.734. The third-order valence-corrected chi connectivity index (χ3v) is 3.57. The van der Waals surface area contributed by atoms with E-state index in [1.165, 1.54) is 5.56 Å². The molecule has 0 aliphatic carbocycles. The van der Waals surface area contributed by atoms with Crippen molar-refractivity contribution >= 4 is 11.6 Å². The monoisotopic (exact) mass is 281 g/mol. The Hall–Kier alpha value is -2.09. The smallest absolute Gasteiger partial charge is 0.227 e. The van der Waals surface area contributed by atoms with E-state index in [1.54, 1.807) is 0 Å². The maximum Gasteiger partial charge on any atom is 0.227 e. The van der Waals surface area contributed by atoms with Crippen LogP contribution < -0.4 is 4.90 Å². The number of hydrogen-bond donors (Lipinski definition) is 0. The van der Waals surface area contributed by atoms with Crippen LogP contribution in [0.3, 0.4) is 0 Å². The van der Waals surface area contributed by atoms with E-state index in [1.807, 2.05) is 53.4 Å². The van der Waals surface area contributed by atoms with E-state index < -0.39 is 0 Å². The lowest BCUT2D eigenvalue weighted by molar-refractivity contribution is -0.118. The molecule has 0 atom stereocenters. The van der Waals surface area contributed by atoms with Crippen LogP contribution in [0.15, 0.2) is 60.7 Å². The molecular formula is C19H23NO. The van der Waals surface area contributed by atoms with Gasteiger partial charge in [0.2, 0.25) is 5.91 Å². The number of hydrogen-bond acceptors (Lipinski definition) is 1. The molecule has 0 unspecified atom stereocenters. The molecule has 2 rings (SSSR count). The Morgan fingerprint density at radius 3 is 2.19 bits per heavy atom. The molecule has 2 aromatic rings. The fraction of sp³-hybridized carbons (Fsp3) is 0.316. The van der Waals surface area contributed by atoms with Crippen molar-refractivity contribution in [1.29, 1.82) is 0 Å². The molecule has 0 radical (unpaired) electrons. The van der Waals surface area contributed by atoms with Crippen molar-refractivity contribution in [2.75, 3.05) is 11.4 Å². The normalized spacial score (nSPS) is 10.3. The minimum Gasteiger partial charge on any atom is -0.312 e. The average Bonchev–Trinajstić information content (AvgIpc) is 2.55. The zero-order valence-electron chi connectivity index (χ0n) is 12.7. The van der Waals surface area contributed by atoms with E-state index >= 15 is 0 Å². The van der Waals surface area contributed by atoms with E-state index in [-0.39, 0.29) is 5.91 Å². The number of rotatable bonds is 7. The number of nitrogens with zero attached hydrogens (tertiary/aromatic N) is 1. The molecule has 1 amide bonds. The second-order valence-corrected chi connectivity index (χ2v) is 5.22. The summed E-state index contributed by atoms with van der Waals surface area (Å²) in [6.45, 7) is 2.95. The molecule has 0 heterocycles. The molecule has 21 heavy (non-hydrogen) atoms. The Morgan fingerprint density at radius 2 is 1.57 bits per heavy atom. The highest BCUT2D eigenvalue weighted by Gasteiger charge is 2.14. The molecule has 2 nitrogen and oxygen atoms in total. The molecule has 2 heteroatoms. The van der Waals surface area contributed by atoms with Crippen molar-refractivity contribution in [3.63, 3.8) is 0 Å². The highest BCUT2D eigenvalue weighted by molar-refractivity contribution is 5.93. The number of amides is 1. The van der Waals surface area contributed by atoms with Gasteiger partial charge in [-0.15, -0.1) is 0 Å². The average molecular weight is 281 g/mol. The van der Waals surface area contributed by atoms with Gasteiger partial charge in [-0.1, -0.05) is 61.9 Å². The maximum atomic E-state index is 12.5. The summed E-state index contributed by atoms with van der Waals surface area (Å²) in [4.78, 5) is 14.5. The molecule has 110 valence electrons. The largest absolute Gasteiger partial charge is 0.312 e. The second kappa shape index (κ2) is 8.25. The van der Waals surface area contributed by atoms with Gasteiger partial charge in [0.15, 0.2) is 0 Å². The summed E-state index contributed by atoms with van der Waals surface area (Å²) < 4.78 is 0. The van der Waals surface area contributed by atoms with Gasteiger partial charge < -0.3 is 4.90 Å². The molecule has 0 spiro atoms. The summed E-state index contributed by atoms with van der Waals surface area (Å²) >= 11 is 0. The topological polar surface area (TPSA) is 20.3 Å². The molecule has 0 saturated carbocycles. The third-order valence-electron chi connectivity index (χ3n) is 3.57. The van der Waals surface area contributed by atoms with Crippen LogP contribution in [0, 0.1) is 0 Å². The standard InChI is InChI=1S/C19H23NO/c1-2-3-16-20(18-12-8-5-9-13-18)19(21)15-14-17-10-6-4-7-11-17/h4-13H,2-3,14-16H2,1H3. The van der Waals surface area contributed by atoms with Gasteiger partial charge in [0.1, 0.15) is 0 Å². The van der Waals surface area contributed by atoms with Crippen molar-refractivity contribution in [2.45, 2.75) is 32.6 Å². The number of unbranched alkanes of at least 4 members (excludes halogenated alkanes) is 1. The third kappa shape index (κ3) is 4.75. The lowest BCUT2D eigenvalue weighted by Gasteiger charge is -2.22. The van der Waals surface area contributed by atoms with Gasteiger partial charge in [-0.3, -0.25) is 4.79 Å². The molecule has 0 aliphatic heterocycles. The van der Waals surface area contributed by atoms with Crippen molar-refractivity contribution in [3.8, 4) is 0 Å². The Labute approximate surface area is 127 Å². The molecule has 0 fully saturated rings. The summed E-state index contributed by atoms with van der Waals surface area (Å²) in [5, 5.41) is 0.